The van der Waals surface area contributed by atoms with Crippen LogP contribution in [0, 0.1) is 11.8 Å². The predicted molar refractivity (Wildman–Crippen MR) is 239 cm³/mol. The smallest absolute Gasteiger partial charge is 0.244 e. The fraction of sp³-hybridized carbons (Fsp3) is 0.580. The average Bonchev–Trinajstić information content (AvgIpc) is 4.01. The molecule has 2 atom stereocenters. The van der Waals surface area contributed by atoms with Crippen LogP contribution in [-0.4, -0.2) is 59.3 Å². The summed E-state index contributed by atoms with van der Waals surface area (Å²) < 4.78 is 16.8. The number of rotatable bonds is 23. The fourth-order valence-corrected chi connectivity index (χ4v) is 9.08. The van der Waals surface area contributed by atoms with E-state index < -0.39 is 0 Å². The van der Waals surface area contributed by atoms with E-state index in [-0.39, 0.29) is 35.8 Å². The van der Waals surface area contributed by atoms with Gasteiger partial charge in [0.15, 0.2) is 18.1 Å². The molecule has 7 rings (SSSR count). The number of hydrogen-bond acceptors (Lipinski definition) is 11. The van der Waals surface area contributed by atoms with Gasteiger partial charge in [0.25, 0.3) is 0 Å². The maximum atomic E-state index is 12.7. The Balaban J connectivity index is 0.000000213. The third-order valence-electron chi connectivity index (χ3n) is 12.6. The highest BCUT2D eigenvalue weighted by Crippen LogP contribution is 2.33. The SMILES string of the molecule is O=C(C[C@@H](CCCC1CCCCC1)c1nc(CN2CCOCC2)co1)NOCc1ccccc1.O=Cc1coc([C@H](CCCC2CCCCC2)CC(=O)NOCc2ccccc2)n1. The minimum Gasteiger partial charge on any atom is -0.448 e. The molecule has 13 heteroatoms. The Hall–Kier alpha value is -4.69. The van der Waals surface area contributed by atoms with Crippen molar-refractivity contribution >= 4 is 18.1 Å². The van der Waals surface area contributed by atoms with Gasteiger partial charge in [-0.15, -0.1) is 0 Å². The van der Waals surface area contributed by atoms with Gasteiger partial charge in [-0.1, -0.05) is 151 Å². The number of carbonyl (C=O) groups is 3. The van der Waals surface area contributed by atoms with Gasteiger partial charge < -0.3 is 13.6 Å². The Kier molecular flexibility index (Phi) is 20.8. The van der Waals surface area contributed by atoms with E-state index in [9.17, 15) is 14.4 Å². The second kappa shape index (κ2) is 27.5. The Morgan fingerprint density at radius 2 is 1.17 bits per heavy atom. The Bertz CT molecular complexity index is 1870. The van der Waals surface area contributed by atoms with E-state index in [4.69, 9.17) is 28.2 Å². The number of ether oxygens (including phenoxy) is 1. The number of nitrogens with one attached hydrogen (secondary N) is 2. The number of carbonyl (C=O) groups excluding carboxylic acids is 3. The number of aromatic nitrogens is 2. The molecule has 2 saturated carbocycles. The molecule has 0 unspecified atom stereocenters. The fourth-order valence-electron chi connectivity index (χ4n) is 9.08. The number of morpholine rings is 1. The number of hydroxylamine groups is 2. The summed E-state index contributed by atoms with van der Waals surface area (Å²) >= 11 is 0. The second-order valence-corrected chi connectivity index (χ2v) is 17.6. The molecular weight excluding hydrogens is 799 g/mol. The molecule has 2 aliphatic carbocycles. The lowest BCUT2D eigenvalue weighted by Gasteiger charge is -2.25. The minimum absolute atomic E-state index is 0.0395. The van der Waals surface area contributed by atoms with Crippen LogP contribution in [0.4, 0.5) is 0 Å². The van der Waals surface area contributed by atoms with Crippen LogP contribution in [0.15, 0.2) is 82.0 Å². The van der Waals surface area contributed by atoms with Crippen LogP contribution in [-0.2, 0) is 43.8 Å². The molecule has 0 radical (unpaired) electrons. The number of oxazole rings is 2. The van der Waals surface area contributed by atoms with Gasteiger partial charge >= 0.3 is 0 Å². The van der Waals surface area contributed by atoms with Gasteiger partial charge in [0, 0.05) is 44.3 Å². The van der Waals surface area contributed by atoms with Gasteiger partial charge in [-0.2, -0.15) is 0 Å². The summed E-state index contributed by atoms with van der Waals surface area (Å²) in [4.78, 5) is 58.1. The van der Waals surface area contributed by atoms with Crippen molar-refractivity contribution in [3.8, 4) is 0 Å². The molecular formula is C50H69N5O8. The zero-order valence-electron chi connectivity index (χ0n) is 37.1. The standard InChI is InChI=1S/C27H39N3O4.C23H30N2O4/c31-26(29-34-20-23-10-5-2-6-11-23)18-24(13-7-12-22-8-3-1-4-9-22)27-28-25(21-33-27)19-30-14-16-32-17-15-30;26-15-21-17-28-23(24-21)20(13-7-12-18-8-3-1-4-9-18)14-22(27)25-29-16-19-10-5-2-6-11-19/h2,5-6,10-11,21-22,24H,1,3-4,7-9,12-20H2,(H,29,31);2,5-6,10-11,15,17-18,20H,1,3-4,7-9,12-14,16H2,(H,25,27)/t24-;20-/m11/s1. The van der Waals surface area contributed by atoms with Gasteiger partial charge in [0.2, 0.25) is 11.8 Å². The van der Waals surface area contributed by atoms with Crippen LogP contribution in [0.3, 0.4) is 0 Å². The first-order valence-corrected chi connectivity index (χ1v) is 23.5. The Labute approximate surface area is 373 Å². The molecule has 63 heavy (non-hydrogen) atoms. The summed E-state index contributed by atoms with van der Waals surface area (Å²) in [5.74, 6) is 2.21. The maximum Gasteiger partial charge on any atom is 0.244 e. The lowest BCUT2D eigenvalue weighted by molar-refractivity contribution is -0.135. The van der Waals surface area contributed by atoms with Crippen molar-refractivity contribution in [2.24, 2.45) is 11.8 Å². The van der Waals surface area contributed by atoms with Gasteiger partial charge in [0.05, 0.1) is 32.1 Å². The Morgan fingerprint density at radius 3 is 1.67 bits per heavy atom. The summed E-state index contributed by atoms with van der Waals surface area (Å²) in [6, 6.07) is 19.5. The summed E-state index contributed by atoms with van der Waals surface area (Å²) in [6.07, 6.45) is 24.0. The molecule has 0 bridgehead atoms. The van der Waals surface area contributed by atoms with Crippen LogP contribution in [0.25, 0.3) is 0 Å². The molecule has 13 nitrogen and oxygen atoms in total. The number of benzene rings is 2. The number of hydrogen-bond donors (Lipinski definition) is 2. The van der Waals surface area contributed by atoms with E-state index in [0.29, 0.717) is 37.7 Å². The highest BCUT2D eigenvalue weighted by Gasteiger charge is 2.25. The molecule has 2 amide bonds. The molecule has 3 fully saturated rings. The average molecular weight is 868 g/mol. The van der Waals surface area contributed by atoms with Crippen LogP contribution in [0.2, 0.25) is 0 Å². The van der Waals surface area contributed by atoms with Crippen LogP contribution in [0.1, 0.15) is 167 Å². The van der Waals surface area contributed by atoms with Gasteiger partial charge in [-0.05, 0) is 35.8 Å². The number of amides is 2. The van der Waals surface area contributed by atoms with E-state index in [1.165, 1.54) is 83.3 Å². The number of nitrogens with zero attached hydrogens (tertiary/aromatic N) is 3. The van der Waals surface area contributed by atoms with Crippen LogP contribution < -0.4 is 11.0 Å². The van der Waals surface area contributed by atoms with Crippen molar-refractivity contribution in [3.63, 3.8) is 0 Å². The molecule has 2 N–H and O–H groups in total. The van der Waals surface area contributed by atoms with Gasteiger partial charge in [-0.3, -0.25) is 29.0 Å². The van der Waals surface area contributed by atoms with Crippen molar-refractivity contribution < 1.29 is 37.6 Å². The van der Waals surface area contributed by atoms with E-state index in [2.05, 4.69) is 20.8 Å². The molecule has 3 aliphatic rings. The number of aldehydes is 1. The van der Waals surface area contributed by atoms with E-state index in [0.717, 1.165) is 87.2 Å². The monoisotopic (exact) mass is 868 g/mol. The molecule has 4 aromatic rings. The summed E-state index contributed by atoms with van der Waals surface area (Å²) in [5.41, 5.74) is 8.32. The van der Waals surface area contributed by atoms with Crippen molar-refractivity contribution in [2.75, 3.05) is 26.3 Å². The van der Waals surface area contributed by atoms with Crippen molar-refractivity contribution in [2.45, 2.75) is 147 Å². The highest BCUT2D eigenvalue weighted by atomic mass is 16.7. The highest BCUT2D eigenvalue weighted by molar-refractivity contribution is 5.76. The topological polar surface area (TPSA) is 158 Å². The van der Waals surface area contributed by atoms with E-state index >= 15 is 0 Å². The minimum atomic E-state index is -0.213. The van der Waals surface area contributed by atoms with E-state index in [1.807, 2.05) is 60.7 Å². The maximum absolute atomic E-state index is 12.7. The summed E-state index contributed by atoms with van der Waals surface area (Å²) in [5, 5.41) is 0. The quantitative estimate of drug-likeness (QED) is 0.0540. The molecule has 1 aliphatic heterocycles. The lowest BCUT2D eigenvalue weighted by atomic mass is 9.84. The summed E-state index contributed by atoms with van der Waals surface area (Å²) in [6.45, 7) is 4.76. The predicted octanol–water partition coefficient (Wildman–Crippen LogP) is 9.94. The molecule has 1 saturated heterocycles. The van der Waals surface area contributed by atoms with Crippen molar-refractivity contribution in [3.05, 3.63) is 107 Å². The first-order valence-electron chi connectivity index (χ1n) is 23.5. The van der Waals surface area contributed by atoms with Crippen molar-refractivity contribution in [1.29, 1.82) is 0 Å². The van der Waals surface area contributed by atoms with Gasteiger partial charge in [-0.25, -0.2) is 20.9 Å². The molecule has 0 spiro atoms. The molecule has 3 heterocycles. The molecule has 342 valence electrons. The molecule has 2 aromatic heterocycles. The zero-order chi connectivity index (χ0) is 43.7. The van der Waals surface area contributed by atoms with E-state index in [1.54, 1.807) is 6.26 Å². The molecule has 2 aromatic carbocycles. The summed E-state index contributed by atoms with van der Waals surface area (Å²) in [7, 11) is 0. The first-order chi connectivity index (χ1) is 31.0. The van der Waals surface area contributed by atoms with Crippen molar-refractivity contribution in [1.82, 2.24) is 25.8 Å². The van der Waals surface area contributed by atoms with Crippen LogP contribution in [0.5, 0.6) is 0 Å². The second-order valence-electron chi connectivity index (χ2n) is 17.6. The lowest BCUT2D eigenvalue weighted by Crippen LogP contribution is -2.35. The largest absolute Gasteiger partial charge is 0.448 e. The Morgan fingerprint density at radius 1 is 0.683 bits per heavy atom. The zero-order valence-corrected chi connectivity index (χ0v) is 37.1. The normalized spacial score (nSPS) is 17.3. The van der Waals surface area contributed by atoms with Gasteiger partial charge in [0.1, 0.15) is 18.2 Å². The third kappa shape index (κ3) is 17.8. The third-order valence-corrected chi connectivity index (χ3v) is 12.6. The first kappa shape index (κ1) is 47.8. The van der Waals surface area contributed by atoms with Crippen LogP contribution >= 0.6 is 0 Å².